The smallest absolute Gasteiger partial charge is 0.316 e. The fraction of sp³-hybridized carbons (Fsp3) is 0.357. The minimum absolute atomic E-state index is 0.00256. The highest BCUT2D eigenvalue weighted by molar-refractivity contribution is 6.22. The minimum atomic E-state index is -0.596. The number of nitrogens with zero attached hydrogens (tertiary/aromatic N) is 2. The average molecular weight is 473 g/mol. The van der Waals surface area contributed by atoms with Gasteiger partial charge in [0.05, 0.1) is 23.4 Å². The van der Waals surface area contributed by atoms with E-state index in [0.717, 1.165) is 12.1 Å². The number of carbonyl (C=O) groups is 4. The van der Waals surface area contributed by atoms with Gasteiger partial charge in [-0.25, -0.2) is 4.90 Å². The lowest BCUT2D eigenvalue weighted by molar-refractivity contribution is -0.139. The number of imide groups is 1. The summed E-state index contributed by atoms with van der Waals surface area (Å²) in [6, 6.07) is 14.2. The van der Waals surface area contributed by atoms with E-state index in [1.165, 1.54) is 10.5 Å². The largest absolute Gasteiger partial charge is 0.426 e. The minimum Gasteiger partial charge on any atom is -0.426 e. The molecule has 180 valence electrons. The number of esters is 1. The van der Waals surface area contributed by atoms with Crippen molar-refractivity contribution in [2.75, 3.05) is 16.3 Å². The van der Waals surface area contributed by atoms with Crippen molar-refractivity contribution in [2.24, 2.45) is 23.7 Å². The van der Waals surface area contributed by atoms with E-state index in [1.807, 2.05) is 43.3 Å². The van der Waals surface area contributed by atoms with Gasteiger partial charge in [-0.05, 0) is 48.6 Å². The zero-order chi connectivity index (χ0) is 24.7. The number of anilines is 2. The summed E-state index contributed by atoms with van der Waals surface area (Å²) < 4.78 is 5.60. The van der Waals surface area contributed by atoms with E-state index in [-0.39, 0.29) is 54.2 Å². The zero-order valence-corrected chi connectivity index (χ0v) is 19.8. The molecular formula is C28H28N2O5. The molecule has 0 bridgehead atoms. The molecule has 2 aromatic rings. The molecule has 4 atom stereocenters. The summed E-state index contributed by atoms with van der Waals surface area (Å²) in [5, 5.41) is 0. The Morgan fingerprint density at radius 2 is 1.80 bits per heavy atom. The first kappa shape index (κ1) is 23.0. The van der Waals surface area contributed by atoms with E-state index >= 15 is 0 Å². The second kappa shape index (κ2) is 9.13. The normalized spacial score (nSPS) is 25.8. The highest BCUT2D eigenvalue weighted by Gasteiger charge is 2.50. The van der Waals surface area contributed by atoms with Gasteiger partial charge in [0.2, 0.25) is 17.7 Å². The van der Waals surface area contributed by atoms with Crippen LogP contribution in [0.3, 0.4) is 0 Å². The molecule has 0 radical (unpaired) electrons. The molecule has 0 aromatic heterocycles. The van der Waals surface area contributed by atoms with Gasteiger partial charge in [0.25, 0.3) is 0 Å². The third-order valence-electron chi connectivity index (χ3n) is 7.28. The first-order chi connectivity index (χ1) is 16.9. The maximum absolute atomic E-state index is 13.1. The van der Waals surface area contributed by atoms with Crippen molar-refractivity contribution in [1.82, 2.24) is 0 Å². The van der Waals surface area contributed by atoms with E-state index in [4.69, 9.17) is 4.74 Å². The first-order valence-corrected chi connectivity index (χ1v) is 12.1. The van der Waals surface area contributed by atoms with Crippen molar-refractivity contribution in [3.8, 4) is 5.75 Å². The van der Waals surface area contributed by atoms with E-state index < -0.39 is 11.9 Å². The van der Waals surface area contributed by atoms with Crippen LogP contribution in [0.1, 0.15) is 32.3 Å². The topological polar surface area (TPSA) is 84.0 Å². The highest BCUT2D eigenvalue weighted by atomic mass is 16.5. The van der Waals surface area contributed by atoms with E-state index in [0.29, 0.717) is 12.1 Å². The van der Waals surface area contributed by atoms with Crippen LogP contribution in [0.2, 0.25) is 0 Å². The van der Waals surface area contributed by atoms with Crippen LogP contribution in [0.4, 0.5) is 11.4 Å². The lowest BCUT2D eigenvalue weighted by Crippen LogP contribution is -2.31. The van der Waals surface area contributed by atoms with Gasteiger partial charge in [-0.1, -0.05) is 44.2 Å². The van der Waals surface area contributed by atoms with Crippen LogP contribution < -0.4 is 14.5 Å². The molecule has 2 heterocycles. The number of carbonyl (C=O) groups excluding carboxylic acids is 4. The van der Waals surface area contributed by atoms with Gasteiger partial charge >= 0.3 is 5.97 Å². The number of ether oxygens (including phenoxy) is 1. The number of hydrogen-bond acceptors (Lipinski definition) is 5. The van der Waals surface area contributed by atoms with Crippen LogP contribution in [-0.2, 0) is 25.6 Å². The molecule has 7 heteroatoms. The number of fused-ring (bicyclic) bond motifs is 1. The van der Waals surface area contributed by atoms with Gasteiger partial charge in [0.1, 0.15) is 5.75 Å². The van der Waals surface area contributed by atoms with Crippen LogP contribution in [-0.4, -0.2) is 30.2 Å². The number of allylic oxidation sites excluding steroid dienone is 2. The molecule has 2 saturated heterocycles. The molecule has 2 aliphatic heterocycles. The molecule has 2 aromatic carbocycles. The fourth-order valence-electron chi connectivity index (χ4n) is 5.31. The Balaban J connectivity index is 1.28. The lowest BCUT2D eigenvalue weighted by atomic mass is 9.78. The van der Waals surface area contributed by atoms with Crippen LogP contribution in [0, 0.1) is 23.7 Å². The monoisotopic (exact) mass is 472 g/mol. The molecule has 0 spiro atoms. The van der Waals surface area contributed by atoms with Gasteiger partial charge in [-0.2, -0.15) is 0 Å². The van der Waals surface area contributed by atoms with Gasteiger partial charge in [0, 0.05) is 24.7 Å². The average Bonchev–Trinajstić information content (AvgIpc) is 3.37. The van der Waals surface area contributed by atoms with Crippen molar-refractivity contribution in [2.45, 2.75) is 33.1 Å². The van der Waals surface area contributed by atoms with Crippen LogP contribution in [0.5, 0.6) is 5.75 Å². The second-order valence-corrected chi connectivity index (χ2v) is 9.51. The van der Waals surface area contributed by atoms with E-state index in [9.17, 15) is 19.2 Å². The summed E-state index contributed by atoms with van der Waals surface area (Å²) in [6.07, 6.45) is 5.49. The Hall–Kier alpha value is -3.74. The van der Waals surface area contributed by atoms with Gasteiger partial charge in [-0.3, -0.25) is 19.2 Å². The number of hydrogen-bond donors (Lipinski definition) is 0. The number of aryl methyl sites for hydroxylation is 1. The molecule has 3 amide bonds. The van der Waals surface area contributed by atoms with Gasteiger partial charge in [0.15, 0.2) is 0 Å². The standard InChI is InChI=1S/C28H28N2O5/c1-3-18-10-12-20(13-11-18)29-16-19(14-24(29)31)28(34)35-22-8-5-7-21(15-22)30-26(32)23-9-4-6-17(2)25(23)27(30)33/h4-8,10-13,15,17,19,23,25H,3,9,14,16H2,1-2H3/t17-,19+,23+,25+/m0/s1. The predicted octanol–water partition coefficient (Wildman–Crippen LogP) is 3.91. The Morgan fingerprint density at radius 3 is 2.51 bits per heavy atom. The molecule has 0 N–H and O–H groups in total. The maximum atomic E-state index is 13.1. The molecule has 0 saturated carbocycles. The highest BCUT2D eigenvalue weighted by Crippen LogP contribution is 2.41. The summed E-state index contributed by atoms with van der Waals surface area (Å²) in [5.74, 6) is -2.13. The molecule has 1 aliphatic carbocycles. The summed E-state index contributed by atoms with van der Waals surface area (Å²) in [4.78, 5) is 54.4. The summed E-state index contributed by atoms with van der Waals surface area (Å²) in [6.45, 7) is 4.27. The maximum Gasteiger partial charge on any atom is 0.316 e. The summed E-state index contributed by atoms with van der Waals surface area (Å²) in [5.41, 5.74) is 2.34. The first-order valence-electron chi connectivity index (χ1n) is 12.1. The van der Waals surface area contributed by atoms with Crippen molar-refractivity contribution < 1.29 is 23.9 Å². The van der Waals surface area contributed by atoms with Crippen molar-refractivity contribution in [3.63, 3.8) is 0 Å². The number of amides is 3. The molecule has 3 aliphatic rings. The number of rotatable bonds is 5. The second-order valence-electron chi connectivity index (χ2n) is 9.51. The van der Waals surface area contributed by atoms with E-state index in [1.54, 1.807) is 29.2 Å². The summed E-state index contributed by atoms with van der Waals surface area (Å²) in [7, 11) is 0. The molecule has 2 fully saturated rings. The third-order valence-corrected chi connectivity index (χ3v) is 7.28. The fourth-order valence-corrected chi connectivity index (χ4v) is 5.31. The Kier molecular flexibility index (Phi) is 6.01. The Bertz CT molecular complexity index is 1220. The quantitative estimate of drug-likeness (QED) is 0.285. The summed E-state index contributed by atoms with van der Waals surface area (Å²) >= 11 is 0. The number of benzene rings is 2. The zero-order valence-electron chi connectivity index (χ0n) is 19.8. The Morgan fingerprint density at radius 1 is 1.03 bits per heavy atom. The lowest BCUT2D eigenvalue weighted by Gasteiger charge is -2.22. The van der Waals surface area contributed by atoms with Gasteiger partial charge in [-0.15, -0.1) is 0 Å². The third kappa shape index (κ3) is 4.16. The molecule has 7 nitrogen and oxygen atoms in total. The van der Waals surface area contributed by atoms with Crippen LogP contribution in [0.25, 0.3) is 0 Å². The molecule has 0 unspecified atom stereocenters. The van der Waals surface area contributed by atoms with E-state index in [2.05, 4.69) is 6.92 Å². The van der Waals surface area contributed by atoms with Crippen LogP contribution >= 0.6 is 0 Å². The van der Waals surface area contributed by atoms with Crippen molar-refractivity contribution >= 4 is 35.1 Å². The Labute approximate surface area is 204 Å². The molecule has 35 heavy (non-hydrogen) atoms. The van der Waals surface area contributed by atoms with Crippen molar-refractivity contribution in [1.29, 1.82) is 0 Å². The predicted molar refractivity (Wildman–Crippen MR) is 131 cm³/mol. The van der Waals surface area contributed by atoms with Gasteiger partial charge < -0.3 is 9.64 Å². The molecular weight excluding hydrogens is 444 g/mol. The molecule has 5 rings (SSSR count). The van der Waals surface area contributed by atoms with Crippen molar-refractivity contribution in [3.05, 3.63) is 66.2 Å². The SMILES string of the molecule is CCc1ccc(N2C[C@H](C(=O)Oc3cccc(N4C(=O)[C@@H]5[C@@H](C)C=CC[C@H]5C4=O)c3)CC2=O)cc1. The van der Waals surface area contributed by atoms with Crippen LogP contribution in [0.15, 0.2) is 60.7 Å².